The lowest BCUT2D eigenvalue weighted by Crippen LogP contribution is -2.41. The van der Waals surface area contributed by atoms with E-state index in [2.05, 4.69) is 51.5 Å². The fraction of sp³-hybridized carbons (Fsp3) is 0.667. The molecule has 1 saturated carbocycles. The maximum absolute atomic E-state index is 16.0. The van der Waals surface area contributed by atoms with Gasteiger partial charge in [0.15, 0.2) is 11.6 Å². The van der Waals surface area contributed by atoms with Crippen LogP contribution in [-0.4, -0.2) is 60.4 Å². The molecule has 1 aromatic carbocycles. The molecule has 1 fully saturated rings. The molecule has 2 aromatic heterocycles. The van der Waals surface area contributed by atoms with Gasteiger partial charge in [-0.25, -0.2) is 18.9 Å². The average Bonchev–Trinajstić information content (AvgIpc) is 3.40. The quantitative estimate of drug-likeness (QED) is 0.155. The second-order valence-corrected chi connectivity index (χ2v) is 28.1. The van der Waals surface area contributed by atoms with Crippen LogP contribution in [0, 0.1) is 11.2 Å². The van der Waals surface area contributed by atoms with Crippen LogP contribution in [0.25, 0.3) is 22.6 Å². The zero-order valence-electron chi connectivity index (χ0n) is 28.9. The molecule has 1 N–H and O–H groups in total. The molecule has 0 radical (unpaired) electrons. The van der Waals surface area contributed by atoms with Gasteiger partial charge >= 0.3 is 6.09 Å². The smallest absolute Gasteiger partial charge is 0.412 e. The summed E-state index contributed by atoms with van der Waals surface area (Å²) in [5.41, 5.74) is 3.82. The van der Waals surface area contributed by atoms with E-state index in [1.165, 1.54) is 17.3 Å². The number of benzene rings is 1. The van der Waals surface area contributed by atoms with Crippen molar-refractivity contribution in [2.24, 2.45) is 5.41 Å². The van der Waals surface area contributed by atoms with E-state index < -0.39 is 33.7 Å². The summed E-state index contributed by atoms with van der Waals surface area (Å²) in [6.45, 7) is 23.5. The molecule has 2 heterocycles. The Balaban J connectivity index is 1.54. The van der Waals surface area contributed by atoms with Gasteiger partial charge in [-0.3, -0.25) is 9.88 Å². The van der Waals surface area contributed by atoms with Crippen molar-refractivity contribution >= 4 is 39.0 Å². The van der Waals surface area contributed by atoms with Crippen molar-refractivity contribution in [3.8, 4) is 11.5 Å². The molecule has 9 nitrogen and oxygen atoms in total. The Morgan fingerprint density at radius 1 is 1.04 bits per heavy atom. The molecule has 3 aromatic rings. The first-order valence-electron chi connectivity index (χ1n) is 16.3. The van der Waals surface area contributed by atoms with Gasteiger partial charge in [0, 0.05) is 46.3 Å². The number of nitrogens with zero attached hydrogens (tertiary/aromatic N) is 4. The second kappa shape index (κ2) is 12.2. The third kappa shape index (κ3) is 8.06. The lowest BCUT2D eigenvalue weighted by molar-refractivity contribution is 0.0632. The summed E-state index contributed by atoms with van der Waals surface area (Å²) in [7, 11) is -2.54. The highest BCUT2D eigenvalue weighted by Crippen LogP contribution is 2.59. The number of fused-ring (bicyclic) bond motifs is 1. The number of imidazole rings is 1. The molecule has 0 saturated heterocycles. The third-order valence-corrected chi connectivity index (χ3v) is 12.1. The number of ether oxygens (including phenoxy) is 3. The van der Waals surface area contributed by atoms with E-state index >= 15 is 4.39 Å². The largest absolute Gasteiger partial charge is 0.444 e. The average molecular weight is 658 g/mol. The maximum Gasteiger partial charge on any atom is 0.412 e. The molecular weight excluding hydrogens is 606 g/mol. The van der Waals surface area contributed by atoms with Crippen LogP contribution in [0.1, 0.15) is 57.7 Å². The van der Waals surface area contributed by atoms with Gasteiger partial charge in [0.2, 0.25) is 0 Å². The normalized spacial score (nSPS) is 19.8. The molecule has 1 amide bonds. The van der Waals surface area contributed by atoms with E-state index in [0.29, 0.717) is 42.7 Å². The minimum atomic E-state index is -1.32. The Bertz CT molecular complexity index is 1560. The lowest BCUT2D eigenvalue weighted by atomic mass is 9.54. The Kier molecular flexibility index (Phi) is 9.19. The molecule has 0 unspecified atom stereocenters. The predicted molar refractivity (Wildman–Crippen MR) is 183 cm³/mol. The molecular formula is C33H52FN5O4Si2. The minimum absolute atomic E-state index is 0.156. The standard InChI is InChI=1S/C33H52FN5O4Si2/c1-32(2,3)43-31(40)35-23-15-24(34)29-25(16-23)36-30(38(29)20-41-11-13-44(5,6)7)28-27-22-17-33(4,18-22)19-26(27)39(37-28)21-42-12-14-45(8,9)10/h15-16,22H,11-14,17-21H2,1-10H3,(H,35,40). The second-order valence-electron chi connectivity index (χ2n) is 16.8. The molecule has 248 valence electrons. The first kappa shape index (κ1) is 33.8. The van der Waals surface area contributed by atoms with E-state index in [4.69, 9.17) is 24.3 Å². The van der Waals surface area contributed by atoms with Crippen LogP contribution >= 0.6 is 0 Å². The third-order valence-electron chi connectivity index (χ3n) is 8.66. The van der Waals surface area contributed by atoms with Crippen LogP contribution in [-0.2, 0) is 34.1 Å². The number of carbonyl (C=O) groups excluding carboxylic acids is 1. The van der Waals surface area contributed by atoms with Crippen LogP contribution < -0.4 is 5.32 Å². The molecule has 0 atom stereocenters. The number of carbonyl (C=O) groups is 1. The van der Waals surface area contributed by atoms with E-state index in [1.54, 1.807) is 26.8 Å². The van der Waals surface area contributed by atoms with Crippen LogP contribution in [0.4, 0.5) is 14.9 Å². The summed E-state index contributed by atoms with van der Waals surface area (Å²) >= 11 is 0. The van der Waals surface area contributed by atoms with E-state index in [1.807, 2.05) is 9.25 Å². The minimum Gasteiger partial charge on any atom is -0.444 e. The molecule has 12 heteroatoms. The molecule has 45 heavy (non-hydrogen) atoms. The molecule has 2 bridgehead atoms. The summed E-state index contributed by atoms with van der Waals surface area (Å²) in [4.78, 5) is 17.5. The number of hydrogen-bond donors (Lipinski definition) is 1. The SMILES string of the molecule is CC12Cc3c(c(-c4nc5cc(NC(=O)OC(C)(C)C)cc(F)c5n4COCC[Si](C)(C)C)nn3COCC[Si](C)(C)C)C(C1)C2. The summed E-state index contributed by atoms with van der Waals surface area (Å²) < 4.78 is 37.6. The molecule has 3 aliphatic rings. The first-order valence-corrected chi connectivity index (χ1v) is 23.7. The van der Waals surface area contributed by atoms with Crippen molar-refractivity contribution in [1.29, 1.82) is 0 Å². The molecule has 0 aliphatic heterocycles. The van der Waals surface area contributed by atoms with Gasteiger partial charge in [-0.2, -0.15) is 5.10 Å². The number of amides is 1. The number of halogens is 1. The summed E-state index contributed by atoms with van der Waals surface area (Å²) in [6.07, 6.45) is 2.51. The summed E-state index contributed by atoms with van der Waals surface area (Å²) in [6, 6.07) is 5.09. The number of nitrogens with one attached hydrogen (secondary N) is 1. The van der Waals surface area contributed by atoms with Gasteiger partial charge in [-0.15, -0.1) is 0 Å². The monoisotopic (exact) mass is 657 g/mol. The number of anilines is 1. The Labute approximate surface area is 269 Å². The van der Waals surface area contributed by atoms with Crippen molar-refractivity contribution in [3.05, 3.63) is 29.2 Å². The van der Waals surface area contributed by atoms with Crippen LogP contribution in [0.3, 0.4) is 0 Å². The van der Waals surface area contributed by atoms with Gasteiger partial charge < -0.3 is 14.2 Å². The zero-order chi connectivity index (χ0) is 32.9. The topological polar surface area (TPSA) is 92.4 Å². The van der Waals surface area contributed by atoms with Crippen LogP contribution in [0.15, 0.2) is 12.1 Å². The summed E-state index contributed by atoms with van der Waals surface area (Å²) in [5, 5.41) is 7.80. The lowest BCUT2D eigenvalue weighted by Gasteiger charge is -2.50. The zero-order valence-corrected chi connectivity index (χ0v) is 30.9. The van der Waals surface area contributed by atoms with Crippen LogP contribution in [0.2, 0.25) is 51.4 Å². The van der Waals surface area contributed by atoms with Crippen molar-refractivity contribution in [3.63, 3.8) is 0 Å². The Morgan fingerprint density at radius 3 is 2.27 bits per heavy atom. The van der Waals surface area contributed by atoms with E-state index in [9.17, 15) is 4.79 Å². The highest BCUT2D eigenvalue weighted by Gasteiger charge is 2.50. The number of aromatic nitrogens is 4. The fourth-order valence-corrected chi connectivity index (χ4v) is 7.88. The number of rotatable bonds is 12. The maximum atomic E-state index is 16.0. The highest BCUT2D eigenvalue weighted by atomic mass is 28.3. The fourth-order valence-electron chi connectivity index (χ4n) is 6.36. The van der Waals surface area contributed by atoms with Gasteiger partial charge in [0.1, 0.15) is 30.3 Å². The van der Waals surface area contributed by atoms with Crippen molar-refractivity contribution < 1.29 is 23.4 Å². The van der Waals surface area contributed by atoms with Crippen molar-refractivity contribution in [2.45, 2.75) is 123 Å². The highest BCUT2D eigenvalue weighted by molar-refractivity contribution is 6.76. The van der Waals surface area contributed by atoms with Gasteiger partial charge in [-0.1, -0.05) is 46.2 Å². The number of hydrogen-bond acceptors (Lipinski definition) is 6. The van der Waals surface area contributed by atoms with Gasteiger partial charge in [0.05, 0.1) is 5.52 Å². The van der Waals surface area contributed by atoms with Gasteiger partial charge in [-0.05, 0) is 75.6 Å². The molecule has 0 spiro atoms. The first-order chi connectivity index (χ1) is 20.8. The van der Waals surface area contributed by atoms with Crippen molar-refractivity contribution in [2.75, 3.05) is 18.5 Å². The van der Waals surface area contributed by atoms with E-state index in [-0.39, 0.29) is 17.8 Å². The summed E-state index contributed by atoms with van der Waals surface area (Å²) in [5.74, 6) is 0.476. The Morgan fingerprint density at radius 2 is 1.67 bits per heavy atom. The Hall–Kier alpha value is -2.55. The van der Waals surface area contributed by atoms with Gasteiger partial charge in [0.25, 0.3) is 0 Å². The molecule has 6 rings (SSSR count). The molecule has 3 aliphatic carbocycles. The predicted octanol–water partition coefficient (Wildman–Crippen LogP) is 8.45. The van der Waals surface area contributed by atoms with E-state index in [0.717, 1.165) is 37.0 Å². The van der Waals surface area contributed by atoms with Crippen molar-refractivity contribution in [1.82, 2.24) is 19.3 Å². The van der Waals surface area contributed by atoms with Crippen LogP contribution in [0.5, 0.6) is 0 Å².